The molecule has 0 aliphatic heterocycles. The fourth-order valence-electron chi connectivity index (χ4n) is 3.40. The van der Waals surface area contributed by atoms with Crippen molar-refractivity contribution in [2.24, 2.45) is 0 Å². The Morgan fingerprint density at radius 2 is 1.55 bits per heavy atom. The van der Waals surface area contributed by atoms with E-state index in [0.29, 0.717) is 0 Å². The monoisotopic (exact) mass is 258 g/mol. The average Bonchev–Trinajstić information content (AvgIpc) is 2.87. The summed E-state index contributed by atoms with van der Waals surface area (Å²) in [4.78, 5) is 0. The van der Waals surface area contributed by atoms with Gasteiger partial charge in [-0.1, -0.05) is 60.2 Å². The van der Waals surface area contributed by atoms with Gasteiger partial charge in [0.25, 0.3) is 0 Å². The molecule has 2 aromatic carbocycles. The Morgan fingerprint density at radius 3 is 2.40 bits per heavy atom. The molecule has 0 N–H and O–H groups in total. The maximum absolute atomic E-state index is 2.42. The zero-order valence-corrected chi connectivity index (χ0v) is 11.8. The van der Waals surface area contributed by atoms with Crippen LogP contribution in [0, 0.1) is 6.92 Å². The van der Waals surface area contributed by atoms with Gasteiger partial charge >= 0.3 is 0 Å². The molecule has 0 radical (unpaired) electrons. The summed E-state index contributed by atoms with van der Waals surface area (Å²) < 4.78 is 0. The topological polar surface area (TPSA) is 0 Å². The second kappa shape index (κ2) is 4.49. The van der Waals surface area contributed by atoms with E-state index in [2.05, 4.69) is 61.5 Å². The van der Waals surface area contributed by atoms with E-state index >= 15 is 0 Å². The molecule has 0 spiro atoms. The second-order valence-electron chi connectivity index (χ2n) is 5.80. The number of benzene rings is 2. The van der Waals surface area contributed by atoms with Crippen molar-refractivity contribution in [3.05, 3.63) is 76.9 Å². The van der Waals surface area contributed by atoms with Crippen LogP contribution in [0.3, 0.4) is 0 Å². The maximum Gasteiger partial charge on any atom is -0.00106 e. The Bertz CT molecular complexity index is 727. The molecule has 0 bridgehead atoms. The molecule has 0 amide bonds. The van der Waals surface area contributed by atoms with E-state index in [1.54, 1.807) is 0 Å². The van der Waals surface area contributed by atoms with Crippen LogP contribution < -0.4 is 0 Å². The number of aryl methyl sites for hydroxylation is 1. The van der Waals surface area contributed by atoms with Crippen LogP contribution in [0.5, 0.6) is 0 Å². The Kier molecular flexibility index (Phi) is 2.63. The van der Waals surface area contributed by atoms with Crippen LogP contribution >= 0.6 is 0 Å². The van der Waals surface area contributed by atoms with E-state index in [4.69, 9.17) is 0 Å². The Morgan fingerprint density at radius 1 is 0.800 bits per heavy atom. The lowest BCUT2D eigenvalue weighted by molar-refractivity contribution is 1.02. The number of hydrogen-bond acceptors (Lipinski definition) is 0. The first-order valence-electron chi connectivity index (χ1n) is 7.42. The fourth-order valence-corrected chi connectivity index (χ4v) is 3.40. The zero-order valence-electron chi connectivity index (χ0n) is 11.8. The summed E-state index contributed by atoms with van der Waals surface area (Å²) in [5.41, 5.74) is 10.0. The molecule has 2 aliphatic rings. The first-order valence-corrected chi connectivity index (χ1v) is 7.42. The largest absolute Gasteiger partial charge is 0.0801 e. The zero-order chi connectivity index (χ0) is 13.5. The van der Waals surface area contributed by atoms with Gasteiger partial charge in [-0.3, -0.25) is 0 Å². The van der Waals surface area contributed by atoms with E-state index in [1.807, 2.05) is 0 Å². The van der Waals surface area contributed by atoms with Gasteiger partial charge in [-0.2, -0.15) is 0 Å². The Labute approximate surface area is 120 Å². The minimum absolute atomic E-state index is 1.10. The molecule has 0 fully saturated rings. The van der Waals surface area contributed by atoms with Crippen molar-refractivity contribution >= 4 is 5.57 Å². The maximum atomic E-state index is 2.42. The molecule has 0 heteroatoms. The molecule has 0 heterocycles. The summed E-state index contributed by atoms with van der Waals surface area (Å²) in [6.45, 7) is 2.14. The highest BCUT2D eigenvalue weighted by Gasteiger charge is 2.24. The number of hydrogen-bond donors (Lipinski definition) is 0. The minimum atomic E-state index is 1.10. The van der Waals surface area contributed by atoms with Crippen LogP contribution in [0.2, 0.25) is 0 Å². The SMILES string of the molecule is Cc1ccc(-c2cccc3c2CC2=CCCC=C23)cc1. The quantitative estimate of drug-likeness (QED) is 0.649. The Balaban J connectivity index is 1.89. The third kappa shape index (κ3) is 1.76. The third-order valence-electron chi connectivity index (χ3n) is 4.45. The van der Waals surface area contributed by atoms with Crippen LogP contribution in [0.4, 0.5) is 0 Å². The number of rotatable bonds is 1. The smallest absolute Gasteiger partial charge is 0.00106 e. The molecule has 4 rings (SSSR count). The summed E-state index contributed by atoms with van der Waals surface area (Å²) in [6.07, 6.45) is 8.33. The summed E-state index contributed by atoms with van der Waals surface area (Å²) >= 11 is 0. The van der Waals surface area contributed by atoms with Gasteiger partial charge in [-0.15, -0.1) is 0 Å². The van der Waals surface area contributed by atoms with Gasteiger partial charge in [0.05, 0.1) is 0 Å². The van der Waals surface area contributed by atoms with Crippen LogP contribution in [0.25, 0.3) is 16.7 Å². The van der Waals surface area contributed by atoms with Crippen molar-refractivity contribution < 1.29 is 0 Å². The molecular formula is C20H18. The van der Waals surface area contributed by atoms with Gasteiger partial charge in [0.1, 0.15) is 0 Å². The molecule has 98 valence electrons. The number of allylic oxidation sites excluding steroid dienone is 4. The third-order valence-corrected chi connectivity index (χ3v) is 4.45. The summed E-state index contributed by atoms with van der Waals surface area (Å²) in [5.74, 6) is 0. The highest BCUT2D eigenvalue weighted by molar-refractivity contribution is 5.90. The predicted molar refractivity (Wildman–Crippen MR) is 85.6 cm³/mol. The molecule has 0 saturated heterocycles. The highest BCUT2D eigenvalue weighted by atomic mass is 14.3. The second-order valence-corrected chi connectivity index (χ2v) is 5.80. The molecule has 2 aliphatic carbocycles. The molecule has 0 nitrogen and oxygen atoms in total. The van der Waals surface area contributed by atoms with Crippen molar-refractivity contribution in [1.82, 2.24) is 0 Å². The first kappa shape index (κ1) is 11.7. The molecule has 0 aromatic heterocycles. The number of fused-ring (bicyclic) bond motifs is 3. The van der Waals surface area contributed by atoms with Gasteiger partial charge in [-0.25, -0.2) is 0 Å². The highest BCUT2D eigenvalue weighted by Crippen LogP contribution is 2.43. The summed E-state index contributed by atoms with van der Waals surface area (Å²) in [5, 5.41) is 0. The van der Waals surface area contributed by atoms with E-state index in [0.717, 1.165) is 6.42 Å². The molecule has 0 unspecified atom stereocenters. The van der Waals surface area contributed by atoms with Crippen molar-refractivity contribution in [2.45, 2.75) is 26.2 Å². The van der Waals surface area contributed by atoms with Crippen molar-refractivity contribution in [1.29, 1.82) is 0 Å². The van der Waals surface area contributed by atoms with Gasteiger partial charge in [-0.05, 0) is 59.6 Å². The van der Waals surface area contributed by atoms with E-state index in [-0.39, 0.29) is 0 Å². The van der Waals surface area contributed by atoms with Crippen LogP contribution in [0.1, 0.15) is 29.5 Å². The van der Waals surface area contributed by atoms with Gasteiger partial charge in [0.2, 0.25) is 0 Å². The molecule has 0 saturated carbocycles. The fraction of sp³-hybridized carbons (Fsp3) is 0.200. The lowest BCUT2D eigenvalue weighted by Gasteiger charge is -2.09. The molecule has 2 aromatic rings. The minimum Gasteiger partial charge on any atom is -0.0801 e. The van der Waals surface area contributed by atoms with Gasteiger partial charge in [0.15, 0.2) is 0 Å². The summed E-state index contributed by atoms with van der Waals surface area (Å²) in [6, 6.07) is 15.6. The van der Waals surface area contributed by atoms with Crippen molar-refractivity contribution in [2.75, 3.05) is 0 Å². The lowest BCUT2D eigenvalue weighted by Crippen LogP contribution is -1.88. The molecule has 20 heavy (non-hydrogen) atoms. The van der Waals surface area contributed by atoms with E-state index < -0.39 is 0 Å². The van der Waals surface area contributed by atoms with Crippen LogP contribution in [0.15, 0.2) is 60.2 Å². The summed E-state index contributed by atoms with van der Waals surface area (Å²) in [7, 11) is 0. The average molecular weight is 258 g/mol. The first-order chi connectivity index (χ1) is 9.83. The van der Waals surface area contributed by atoms with Crippen LogP contribution in [-0.2, 0) is 6.42 Å². The Hall–Kier alpha value is -2.08. The van der Waals surface area contributed by atoms with Crippen molar-refractivity contribution in [3.63, 3.8) is 0 Å². The standard InChI is InChI=1S/C20H18/c1-14-9-11-15(12-10-14)17-7-4-8-19-18-6-3-2-5-16(18)13-20(17)19/h4-12H,2-3,13H2,1H3. The molecule has 0 atom stereocenters. The van der Waals surface area contributed by atoms with E-state index in [1.165, 1.54) is 51.8 Å². The van der Waals surface area contributed by atoms with Gasteiger partial charge in [0, 0.05) is 0 Å². The lowest BCUT2D eigenvalue weighted by atomic mass is 9.95. The van der Waals surface area contributed by atoms with E-state index in [9.17, 15) is 0 Å². The predicted octanol–water partition coefficient (Wildman–Crippen LogP) is 5.32. The normalized spacial score (nSPS) is 16.2. The van der Waals surface area contributed by atoms with Crippen LogP contribution in [-0.4, -0.2) is 0 Å². The van der Waals surface area contributed by atoms with Gasteiger partial charge < -0.3 is 0 Å². The molecular weight excluding hydrogens is 240 g/mol. The van der Waals surface area contributed by atoms with Crippen molar-refractivity contribution in [3.8, 4) is 11.1 Å².